The Bertz CT molecular complexity index is 1580. The van der Waals surface area contributed by atoms with E-state index in [4.69, 9.17) is 4.74 Å². The molecule has 2 amide bonds. The number of hydrogen-bond acceptors (Lipinski definition) is 6. The molecule has 2 aromatic carbocycles. The lowest BCUT2D eigenvalue weighted by Gasteiger charge is -2.41. The maximum absolute atomic E-state index is 13.8. The summed E-state index contributed by atoms with van der Waals surface area (Å²) in [7, 11) is 1.47. The molecule has 4 unspecified atom stereocenters. The van der Waals surface area contributed by atoms with Gasteiger partial charge in [-0.2, -0.15) is 0 Å². The van der Waals surface area contributed by atoms with Crippen molar-refractivity contribution in [1.82, 2.24) is 4.90 Å². The van der Waals surface area contributed by atoms with E-state index in [1.165, 1.54) is 24.2 Å². The average molecular weight is 536 g/mol. The number of ether oxygens (including phenoxy) is 1. The molecule has 7 heteroatoms. The number of imide groups is 1. The van der Waals surface area contributed by atoms with Crippen molar-refractivity contribution >= 4 is 29.5 Å². The van der Waals surface area contributed by atoms with Crippen LogP contribution in [-0.2, 0) is 25.7 Å². The number of hydrogen-bond donors (Lipinski definition) is 1. The lowest BCUT2D eigenvalue weighted by Crippen LogP contribution is -2.40. The molecule has 6 rings (SSSR count). The number of rotatable bonds is 5. The maximum Gasteiger partial charge on any atom is 0.234 e. The van der Waals surface area contributed by atoms with Crippen LogP contribution in [0, 0.1) is 23.7 Å². The number of benzene rings is 2. The Balaban J connectivity index is 1.39. The predicted molar refractivity (Wildman–Crippen MR) is 148 cm³/mol. The molecule has 1 fully saturated rings. The number of carbonyl (C=O) groups excluding carboxylic acids is 4. The van der Waals surface area contributed by atoms with E-state index in [9.17, 15) is 24.3 Å². The van der Waals surface area contributed by atoms with E-state index in [2.05, 4.69) is 0 Å². The van der Waals surface area contributed by atoms with Crippen LogP contribution in [0.5, 0.6) is 11.5 Å². The van der Waals surface area contributed by atoms with Gasteiger partial charge in [-0.15, -0.1) is 0 Å². The summed E-state index contributed by atoms with van der Waals surface area (Å²) in [5.74, 6) is -2.38. The van der Waals surface area contributed by atoms with Gasteiger partial charge in [-0.25, -0.2) is 0 Å². The third-order valence-corrected chi connectivity index (χ3v) is 8.57. The summed E-state index contributed by atoms with van der Waals surface area (Å²) in [4.78, 5) is 55.2. The first-order valence-electron chi connectivity index (χ1n) is 13.4. The minimum Gasteiger partial charge on any atom is -0.504 e. The number of ketones is 2. The third kappa shape index (κ3) is 4.13. The Kier molecular flexibility index (Phi) is 6.37. The predicted octanol–water partition coefficient (Wildman–Crippen LogP) is 4.58. The third-order valence-electron chi connectivity index (χ3n) is 8.57. The molecular weight excluding hydrogens is 506 g/mol. The summed E-state index contributed by atoms with van der Waals surface area (Å²) >= 11 is 0. The van der Waals surface area contributed by atoms with E-state index >= 15 is 0 Å². The number of methoxy groups -OCH3 is 1. The first kappa shape index (κ1) is 25.7. The average Bonchev–Trinajstić information content (AvgIpc) is 3.20. The number of phenols is 1. The molecule has 0 saturated carbocycles. The van der Waals surface area contributed by atoms with Crippen molar-refractivity contribution in [3.05, 3.63) is 100 Å². The number of likely N-dealkylation sites (tertiary alicyclic amines) is 1. The van der Waals surface area contributed by atoms with Crippen molar-refractivity contribution < 1.29 is 29.0 Å². The van der Waals surface area contributed by atoms with Crippen LogP contribution in [0.2, 0.25) is 0 Å². The van der Waals surface area contributed by atoms with Gasteiger partial charge < -0.3 is 9.84 Å². The first-order chi connectivity index (χ1) is 19.3. The van der Waals surface area contributed by atoms with Gasteiger partial charge in [0.15, 0.2) is 23.1 Å². The van der Waals surface area contributed by atoms with E-state index in [0.717, 1.165) is 16.7 Å². The van der Waals surface area contributed by atoms with Gasteiger partial charge in [0, 0.05) is 22.6 Å². The summed E-state index contributed by atoms with van der Waals surface area (Å²) in [6, 6.07) is 14.4. The Morgan fingerprint density at radius 1 is 1.02 bits per heavy atom. The molecule has 3 aliphatic carbocycles. The molecule has 40 heavy (non-hydrogen) atoms. The molecule has 1 heterocycles. The first-order valence-corrected chi connectivity index (χ1v) is 13.4. The molecule has 4 atom stereocenters. The molecule has 0 aromatic heterocycles. The Labute approximate surface area is 232 Å². The molecule has 1 saturated heterocycles. The van der Waals surface area contributed by atoms with Crippen molar-refractivity contribution in [3.63, 3.8) is 0 Å². The highest BCUT2D eigenvalue weighted by Gasteiger charge is 2.55. The summed E-state index contributed by atoms with van der Waals surface area (Å²) in [6.45, 7) is 1.86. The second-order valence-electron chi connectivity index (χ2n) is 10.8. The molecule has 0 spiro atoms. The number of aromatic hydroxyl groups is 1. The van der Waals surface area contributed by atoms with Crippen LogP contribution in [0.25, 0.3) is 6.08 Å². The SMILES string of the molecule is COc1cc(C=CC2C3=CCC4C(=O)N(Cc5ccccc5)C(=O)C4C3CC3=C2C(=O)C(C)=CC3=O)ccc1O. The fourth-order valence-electron chi connectivity index (χ4n) is 6.63. The summed E-state index contributed by atoms with van der Waals surface area (Å²) in [6.07, 6.45) is 7.76. The number of Topliss-reactive ketones (excluding diaryl/α,β-unsaturated/α-hetero) is 1. The Morgan fingerprint density at radius 3 is 2.55 bits per heavy atom. The van der Waals surface area contributed by atoms with Gasteiger partial charge in [0.25, 0.3) is 0 Å². The number of phenolic OH excluding ortho intramolecular Hbond substituents is 1. The Hall–Kier alpha value is -4.52. The van der Waals surface area contributed by atoms with Crippen molar-refractivity contribution in [2.75, 3.05) is 7.11 Å². The Morgan fingerprint density at radius 2 is 1.80 bits per heavy atom. The lowest BCUT2D eigenvalue weighted by molar-refractivity contribution is -0.140. The number of allylic oxidation sites excluding steroid dienone is 7. The minimum absolute atomic E-state index is 0.0155. The largest absolute Gasteiger partial charge is 0.504 e. The molecule has 1 N–H and O–H groups in total. The van der Waals surface area contributed by atoms with Crippen LogP contribution < -0.4 is 4.74 Å². The smallest absolute Gasteiger partial charge is 0.234 e. The van der Waals surface area contributed by atoms with Gasteiger partial charge in [0.1, 0.15) is 0 Å². The lowest BCUT2D eigenvalue weighted by atomic mass is 9.60. The second-order valence-corrected chi connectivity index (χ2v) is 10.8. The van der Waals surface area contributed by atoms with E-state index in [-0.39, 0.29) is 48.0 Å². The monoisotopic (exact) mass is 535 g/mol. The van der Waals surface area contributed by atoms with E-state index in [1.54, 1.807) is 19.1 Å². The van der Waals surface area contributed by atoms with Crippen LogP contribution in [0.15, 0.2) is 89.1 Å². The second kappa shape index (κ2) is 9.90. The summed E-state index contributed by atoms with van der Waals surface area (Å²) in [5, 5.41) is 9.98. The standard InChI is InChI=1S/C33H29NO6/c1-18-14-27(36)25-16-24-21(22(29(25)31(18)37)10-8-19-9-13-26(35)28(15-19)40-2)11-12-23-30(24)33(39)34(32(23)38)17-20-6-4-3-5-7-20/h3-11,13-15,22-24,30,35H,12,16-17H2,1-2H3. The molecule has 0 bridgehead atoms. The minimum atomic E-state index is -0.579. The van der Waals surface area contributed by atoms with Crippen LogP contribution in [-0.4, -0.2) is 40.5 Å². The molecule has 2 aromatic rings. The van der Waals surface area contributed by atoms with Gasteiger partial charge in [0.2, 0.25) is 11.8 Å². The fourth-order valence-corrected chi connectivity index (χ4v) is 6.63. The number of nitrogens with zero attached hydrogens (tertiary/aromatic N) is 1. The molecule has 0 radical (unpaired) electrons. The van der Waals surface area contributed by atoms with Gasteiger partial charge in [0.05, 0.1) is 25.5 Å². The van der Waals surface area contributed by atoms with Gasteiger partial charge in [-0.1, -0.05) is 60.2 Å². The van der Waals surface area contributed by atoms with Crippen molar-refractivity contribution in [1.29, 1.82) is 0 Å². The fraction of sp³-hybridized carbons (Fsp3) is 0.273. The van der Waals surface area contributed by atoms with Crippen molar-refractivity contribution in [2.24, 2.45) is 23.7 Å². The maximum atomic E-state index is 13.8. The van der Waals surface area contributed by atoms with Crippen molar-refractivity contribution in [2.45, 2.75) is 26.3 Å². The van der Waals surface area contributed by atoms with Crippen LogP contribution in [0.3, 0.4) is 0 Å². The zero-order valence-corrected chi connectivity index (χ0v) is 22.3. The van der Waals surface area contributed by atoms with Gasteiger partial charge in [-0.3, -0.25) is 24.1 Å². The van der Waals surface area contributed by atoms with Crippen LogP contribution >= 0.6 is 0 Å². The molecular formula is C33H29NO6. The molecule has 1 aliphatic heterocycles. The van der Waals surface area contributed by atoms with E-state index in [1.807, 2.05) is 48.6 Å². The van der Waals surface area contributed by atoms with Gasteiger partial charge in [-0.05, 0) is 55.0 Å². The van der Waals surface area contributed by atoms with E-state index in [0.29, 0.717) is 28.9 Å². The van der Waals surface area contributed by atoms with Crippen molar-refractivity contribution in [3.8, 4) is 11.5 Å². The quantitative estimate of drug-likeness (QED) is 0.342. The highest BCUT2D eigenvalue weighted by molar-refractivity contribution is 6.23. The molecule has 4 aliphatic rings. The normalized spacial score (nSPS) is 26.0. The van der Waals surface area contributed by atoms with Gasteiger partial charge >= 0.3 is 0 Å². The highest BCUT2D eigenvalue weighted by Crippen LogP contribution is 2.52. The number of fused-ring (bicyclic) bond motifs is 3. The molecule has 202 valence electrons. The zero-order valence-electron chi connectivity index (χ0n) is 22.3. The number of carbonyl (C=O) groups is 4. The topological polar surface area (TPSA) is 101 Å². The van der Waals surface area contributed by atoms with E-state index < -0.39 is 17.8 Å². The zero-order chi connectivity index (χ0) is 28.1. The van der Waals surface area contributed by atoms with Crippen LogP contribution in [0.1, 0.15) is 30.9 Å². The van der Waals surface area contributed by atoms with Crippen LogP contribution in [0.4, 0.5) is 0 Å². The summed E-state index contributed by atoms with van der Waals surface area (Å²) in [5.41, 5.74) is 3.80. The molecule has 7 nitrogen and oxygen atoms in total. The highest BCUT2D eigenvalue weighted by atomic mass is 16.5. The summed E-state index contributed by atoms with van der Waals surface area (Å²) < 4.78 is 5.23. The number of amides is 2.